The maximum Gasteiger partial charge on any atom is 0.144 e. The third-order valence-corrected chi connectivity index (χ3v) is 3.15. The second-order valence-corrected chi connectivity index (χ2v) is 4.25. The van der Waals surface area contributed by atoms with Crippen LogP contribution in [0, 0.1) is 0 Å². The summed E-state index contributed by atoms with van der Waals surface area (Å²) in [5.74, 6) is 0.808. The highest BCUT2D eigenvalue weighted by Gasteiger charge is 2.21. The van der Waals surface area contributed by atoms with Crippen molar-refractivity contribution in [1.82, 2.24) is 14.9 Å². The van der Waals surface area contributed by atoms with Crippen molar-refractivity contribution in [1.29, 1.82) is 0 Å². The zero-order valence-corrected chi connectivity index (χ0v) is 10.5. The minimum absolute atomic E-state index is 0.509. The van der Waals surface area contributed by atoms with E-state index in [-0.39, 0.29) is 0 Å². The number of nitrogens with zero attached hydrogens (tertiary/aromatic N) is 3. The zero-order chi connectivity index (χ0) is 12.1. The molecule has 1 aromatic heterocycles. The van der Waals surface area contributed by atoms with E-state index in [1.165, 1.54) is 0 Å². The Bertz CT molecular complexity index is 341. The van der Waals surface area contributed by atoms with E-state index in [2.05, 4.69) is 27.1 Å². The lowest BCUT2D eigenvalue weighted by molar-refractivity contribution is -0.0133. The predicted octanol–water partition coefficient (Wildman–Crippen LogP) is 1.13. The summed E-state index contributed by atoms with van der Waals surface area (Å²) >= 11 is 0. The van der Waals surface area contributed by atoms with Crippen molar-refractivity contribution in [3.05, 3.63) is 18.1 Å². The fourth-order valence-electron chi connectivity index (χ4n) is 2.05. The van der Waals surface area contributed by atoms with Crippen LogP contribution in [0.3, 0.4) is 0 Å². The van der Waals surface area contributed by atoms with Gasteiger partial charge in [-0.2, -0.15) is 0 Å². The maximum atomic E-state index is 5.49. The fraction of sp³-hybridized carbons (Fsp3) is 0.667. The van der Waals surface area contributed by atoms with Crippen molar-refractivity contribution in [2.45, 2.75) is 25.9 Å². The SMILES string of the molecule is CCC1COCCN1Cc1cnc(NC)cn1. The molecule has 0 saturated carbocycles. The number of rotatable bonds is 4. The van der Waals surface area contributed by atoms with Gasteiger partial charge in [-0.05, 0) is 6.42 Å². The van der Waals surface area contributed by atoms with Crippen molar-refractivity contribution in [3.8, 4) is 0 Å². The van der Waals surface area contributed by atoms with Crippen LogP contribution < -0.4 is 5.32 Å². The van der Waals surface area contributed by atoms with E-state index in [1.54, 1.807) is 6.20 Å². The Kier molecular flexibility index (Phi) is 4.28. The largest absolute Gasteiger partial charge is 0.378 e. The molecular weight excluding hydrogens is 216 g/mol. The van der Waals surface area contributed by atoms with Crippen LogP contribution in [0.5, 0.6) is 0 Å². The number of ether oxygens (including phenoxy) is 1. The molecule has 0 radical (unpaired) electrons. The van der Waals surface area contributed by atoms with E-state index in [0.717, 1.165) is 44.2 Å². The molecule has 1 saturated heterocycles. The van der Waals surface area contributed by atoms with E-state index >= 15 is 0 Å². The third kappa shape index (κ3) is 3.14. The molecule has 0 amide bonds. The molecule has 5 heteroatoms. The van der Waals surface area contributed by atoms with Crippen molar-refractivity contribution in [3.63, 3.8) is 0 Å². The van der Waals surface area contributed by atoms with Gasteiger partial charge in [0.1, 0.15) is 5.82 Å². The Morgan fingerprint density at radius 3 is 3.00 bits per heavy atom. The lowest BCUT2D eigenvalue weighted by Gasteiger charge is -2.34. The number of hydrogen-bond acceptors (Lipinski definition) is 5. The fourth-order valence-corrected chi connectivity index (χ4v) is 2.05. The van der Waals surface area contributed by atoms with Gasteiger partial charge < -0.3 is 10.1 Å². The molecule has 94 valence electrons. The first kappa shape index (κ1) is 12.3. The summed E-state index contributed by atoms with van der Waals surface area (Å²) in [6.45, 7) is 5.69. The van der Waals surface area contributed by atoms with Gasteiger partial charge in [0.15, 0.2) is 0 Å². The molecule has 1 fully saturated rings. The quantitative estimate of drug-likeness (QED) is 0.849. The summed E-state index contributed by atoms with van der Waals surface area (Å²) in [5, 5.41) is 2.97. The minimum atomic E-state index is 0.509. The molecule has 5 nitrogen and oxygen atoms in total. The molecule has 1 unspecified atom stereocenters. The Morgan fingerprint density at radius 2 is 2.35 bits per heavy atom. The number of anilines is 1. The Balaban J connectivity index is 1.98. The first-order chi connectivity index (χ1) is 8.33. The van der Waals surface area contributed by atoms with Crippen LogP contribution >= 0.6 is 0 Å². The smallest absolute Gasteiger partial charge is 0.144 e. The average Bonchev–Trinajstić information content (AvgIpc) is 2.40. The van der Waals surface area contributed by atoms with Gasteiger partial charge in [-0.3, -0.25) is 9.88 Å². The van der Waals surface area contributed by atoms with Gasteiger partial charge in [0.25, 0.3) is 0 Å². The second kappa shape index (κ2) is 5.93. The van der Waals surface area contributed by atoms with E-state index < -0.39 is 0 Å². The van der Waals surface area contributed by atoms with Gasteiger partial charge in [0.05, 0.1) is 31.3 Å². The van der Waals surface area contributed by atoms with E-state index in [0.29, 0.717) is 6.04 Å². The summed E-state index contributed by atoms with van der Waals surface area (Å²) in [4.78, 5) is 11.1. The highest BCUT2D eigenvalue weighted by molar-refractivity contribution is 5.29. The lowest BCUT2D eigenvalue weighted by Crippen LogP contribution is -2.44. The lowest BCUT2D eigenvalue weighted by atomic mass is 10.1. The number of hydrogen-bond donors (Lipinski definition) is 1. The Labute approximate surface area is 102 Å². The summed E-state index contributed by atoms with van der Waals surface area (Å²) in [5.41, 5.74) is 1.02. The normalized spacial score (nSPS) is 21.4. The molecule has 2 heterocycles. The highest BCUT2D eigenvalue weighted by atomic mass is 16.5. The van der Waals surface area contributed by atoms with Crippen LogP contribution in [0.25, 0.3) is 0 Å². The molecule has 0 aromatic carbocycles. The highest BCUT2D eigenvalue weighted by Crippen LogP contribution is 2.13. The Hall–Kier alpha value is -1.20. The van der Waals surface area contributed by atoms with Gasteiger partial charge >= 0.3 is 0 Å². The summed E-state index contributed by atoms with van der Waals surface area (Å²) < 4.78 is 5.49. The molecule has 17 heavy (non-hydrogen) atoms. The van der Waals surface area contributed by atoms with E-state index in [1.807, 2.05) is 13.2 Å². The predicted molar refractivity (Wildman–Crippen MR) is 66.9 cm³/mol. The topological polar surface area (TPSA) is 50.3 Å². The molecule has 2 rings (SSSR count). The van der Waals surface area contributed by atoms with Gasteiger partial charge in [-0.15, -0.1) is 0 Å². The molecule has 1 atom stereocenters. The Morgan fingerprint density at radius 1 is 1.47 bits per heavy atom. The molecular formula is C12H20N4O. The number of nitrogens with one attached hydrogen (secondary N) is 1. The van der Waals surface area contributed by atoms with Gasteiger partial charge in [0, 0.05) is 26.2 Å². The maximum absolute atomic E-state index is 5.49. The molecule has 0 spiro atoms. The van der Waals surface area contributed by atoms with Crippen molar-refractivity contribution < 1.29 is 4.74 Å². The second-order valence-electron chi connectivity index (χ2n) is 4.25. The van der Waals surface area contributed by atoms with Crippen LogP contribution in [0.4, 0.5) is 5.82 Å². The molecule has 0 aliphatic carbocycles. The van der Waals surface area contributed by atoms with Crippen LogP contribution in [0.1, 0.15) is 19.0 Å². The third-order valence-electron chi connectivity index (χ3n) is 3.15. The first-order valence-corrected chi connectivity index (χ1v) is 6.14. The monoisotopic (exact) mass is 236 g/mol. The van der Waals surface area contributed by atoms with Gasteiger partial charge in [0.2, 0.25) is 0 Å². The molecule has 1 aliphatic rings. The number of aromatic nitrogens is 2. The van der Waals surface area contributed by atoms with Crippen LogP contribution in [0.15, 0.2) is 12.4 Å². The van der Waals surface area contributed by atoms with Crippen molar-refractivity contribution >= 4 is 5.82 Å². The van der Waals surface area contributed by atoms with Crippen LogP contribution in [0.2, 0.25) is 0 Å². The molecule has 1 aromatic rings. The summed E-state index contributed by atoms with van der Waals surface area (Å²) in [6.07, 6.45) is 4.73. The molecule has 1 aliphatic heterocycles. The van der Waals surface area contributed by atoms with Crippen LogP contribution in [-0.4, -0.2) is 47.7 Å². The average molecular weight is 236 g/mol. The number of morpholine rings is 1. The molecule has 0 bridgehead atoms. The van der Waals surface area contributed by atoms with E-state index in [4.69, 9.17) is 4.74 Å². The van der Waals surface area contributed by atoms with E-state index in [9.17, 15) is 0 Å². The minimum Gasteiger partial charge on any atom is -0.378 e. The van der Waals surface area contributed by atoms with Crippen molar-refractivity contribution in [2.75, 3.05) is 32.1 Å². The van der Waals surface area contributed by atoms with Crippen LogP contribution in [-0.2, 0) is 11.3 Å². The summed E-state index contributed by atoms with van der Waals surface area (Å²) in [7, 11) is 1.85. The van der Waals surface area contributed by atoms with Gasteiger partial charge in [-0.25, -0.2) is 4.98 Å². The molecule has 1 N–H and O–H groups in total. The summed E-state index contributed by atoms with van der Waals surface area (Å²) in [6, 6.07) is 0.509. The zero-order valence-electron chi connectivity index (χ0n) is 10.5. The first-order valence-electron chi connectivity index (χ1n) is 6.14. The standard InChI is InChI=1S/C12H20N4O/c1-3-11-9-17-5-4-16(11)8-10-6-15-12(13-2)7-14-10/h6-7,11H,3-5,8-9H2,1-2H3,(H,13,15). The van der Waals surface area contributed by atoms with Crippen molar-refractivity contribution in [2.24, 2.45) is 0 Å². The van der Waals surface area contributed by atoms with Gasteiger partial charge in [-0.1, -0.05) is 6.92 Å².